The first-order chi connectivity index (χ1) is 8.02. The summed E-state index contributed by atoms with van der Waals surface area (Å²) in [6.07, 6.45) is -0.139. The van der Waals surface area contributed by atoms with Gasteiger partial charge in [-0.3, -0.25) is 4.79 Å². The van der Waals surface area contributed by atoms with Gasteiger partial charge in [0.25, 0.3) is 5.79 Å². The first kappa shape index (κ1) is 13.9. The van der Waals surface area contributed by atoms with E-state index in [-0.39, 0.29) is 45.7 Å². The van der Waals surface area contributed by atoms with Crippen LogP contribution >= 0.6 is 0 Å². The molecule has 98 valence electrons. The van der Waals surface area contributed by atoms with Crippen molar-refractivity contribution >= 4 is 11.9 Å². The Balaban J connectivity index is 2.51. The number of carbonyl (C=O) groups excluding carboxylic acids is 2. The SMILES string of the molecule is O=C1CCCC(O)(O)C(=O)OCCOCCO1. The summed E-state index contributed by atoms with van der Waals surface area (Å²) in [5.74, 6) is -4.15. The highest BCUT2D eigenvalue weighted by molar-refractivity contribution is 5.77. The van der Waals surface area contributed by atoms with Gasteiger partial charge in [-0.15, -0.1) is 0 Å². The molecule has 17 heavy (non-hydrogen) atoms. The molecule has 2 N–H and O–H groups in total. The minimum atomic E-state index is -2.56. The lowest BCUT2D eigenvalue weighted by Crippen LogP contribution is -2.40. The minimum absolute atomic E-state index is 0.0101. The number of hydrogen-bond donors (Lipinski definition) is 2. The Morgan fingerprint density at radius 2 is 1.65 bits per heavy atom. The third-order valence-corrected chi connectivity index (χ3v) is 2.18. The molecule has 7 heteroatoms. The summed E-state index contributed by atoms with van der Waals surface area (Å²) in [5, 5.41) is 18.7. The van der Waals surface area contributed by atoms with E-state index in [1.54, 1.807) is 0 Å². The van der Waals surface area contributed by atoms with Crippen molar-refractivity contribution < 1.29 is 34.0 Å². The Bertz CT molecular complexity index is 274. The monoisotopic (exact) mass is 248 g/mol. The van der Waals surface area contributed by atoms with E-state index in [1.165, 1.54) is 0 Å². The highest BCUT2D eigenvalue weighted by Crippen LogP contribution is 2.13. The zero-order chi connectivity index (χ0) is 12.7. The molecule has 1 aliphatic rings. The molecular weight excluding hydrogens is 232 g/mol. The van der Waals surface area contributed by atoms with Crippen molar-refractivity contribution in [3.63, 3.8) is 0 Å². The first-order valence-corrected chi connectivity index (χ1v) is 5.38. The van der Waals surface area contributed by atoms with Crippen molar-refractivity contribution in [1.82, 2.24) is 0 Å². The highest BCUT2D eigenvalue weighted by atomic mass is 16.6. The molecule has 0 amide bonds. The fraction of sp³-hybridized carbons (Fsp3) is 0.800. The molecule has 0 saturated carbocycles. The van der Waals surface area contributed by atoms with Gasteiger partial charge in [0.15, 0.2) is 0 Å². The summed E-state index contributed by atoms with van der Waals surface area (Å²) in [5.41, 5.74) is 0. The molecule has 0 atom stereocenters. The summed E-state index contributed by atoms with van der Waals surface area (Å²) in [7, 11) is 0. The molecular formula is C10H16O7. The number of aliphatic hydroxyl groups is 2. The topological polar surface area (TPSA) is 102 Å². The number of esters is 2. The van der Waals surface area contributed by atoms with E-state index in [1.807, 2.05) is 0 Å². The molecule has 0 aromatic rings. The van der Waals surface area contributed by atoms with Crippen LogP contribution in [-0.4, -0.2) is 54.4 Å². The fourth-order valence-electron chi connectivity index (χ4n) is 1.28. The van der Waals surface area contributed by atoms with Gasteiger partial charge < -0.3 is 24.4 Å². The maximum atomic E-state index is 11.2. The van der Waals surface area contributed by atoms with Crippen LogP contribution in [0.1, 0.15) is 19.3 Å². The molecule has 0 spiro atoms. The normalized spacial score (nSPS) is 23.6. The molecule has 0 bridgehead atoms. The maximum Gasteiger partial charge on any atom is 0.366 e. The quantitative estimate of drug-likeness (QED) is 0.416. The summed E-state index contributed by atoms with van der Waals surface area (Å²) in [4.78, 5) is 22.3. The number of ether oxygens (including phenoxy) is 3. The van der Waals surface area contributed by atoms with Gasteiger partial charge in [-0.2, -0.15) is 0 Å². The smallest absolute Gasteiger partial charge is 0.366 e. The lowest BCUT2D eigenvalue weighted by atomic mass is 10.1. The molecule has 1 rings (SSSR count). The highest BCUT2D eigenvalue weighted by Gasteiger charge is 2.34. The number of carbonyl (C=O) groups is 2. The largest absolute Gasteiger partial charge is 0.463 e. The van der Waals surface area contributed by atoms with E-state index in [0.29, 0.717) is 0 Å². The van der Waals surface area contributed by atoms with E-state index in [9.17, 15) is 19.8 Å². The average Bonchev–Trinajstić information content (AvgIpc) is 2.27. The molecule has 0 unspecified atom stereocenters. The van der Waals surface area contributed by atoms with Crippen molar-refractivity contribution in [3.8, 4) is 0 Å². The number of hydrogen-bond acceptors (Lipinski definition) is 7. The summed E-state index contributed by atoms with van der Waals surface area (Å²) >= 11 is 0. The van der Waals surface area contributed by atoms with Gasteiger partial charge in [-0.25, -0.2) is 4.79 Å². The standard InChI is InChI=1S/C10H16O7/c11-8-2-1-3-10(13,14)9(12)17-7-5-15-4-6-16-8/h13-14H,1-7H2. The lowest BCUT2D eigenvalue weighted by Gasteiger charge is -2.19. The molecule has 7 nitrogen and oxygen atoms in total. The van der Waals surface area contributed by atoms with Crippen molar-refractivity contribution in [2.45, 2.75) is 25.0 Å². The van der Waals surface area contributed by atoms with Crippen LogP contribution in [0.2, 0.25) is 0 Å². The molecule has 0 radical (unpaired) electrons. The minimum Gasteiger partial charge on any atom is -0.463 e. The van der Waals surface area contributed by atoms with Crippen molar-refractivity contribution in [2.24, 2.45) is 0 Å². The Morgan fingerprint density at radius 3 is 2.35 bits per heavy atom. The Labute approximate surface area is 98.3 Å². The second-order valence-corrected chi connectivity index (χ2v) is 3.64. The molecule has 1 saturated heterocycles. The van der Waals surface area contributed by atoms with Crippen LogP contribution in [0, 0.1) is 0 Å². The van der Waals surface area contributed by atoms with Gasteiger partial charge in [-0.05, 0) is 6.42 Å². The molecule has 1 aliphatic heterocycles. The third-order valence-electron chi connectivity index (χ3n) is 2.18. The zero-order valence-electron chi connectivity index (χ0n) is 9.39. The first-order valence-electron chi connectivity index (χ1n) is 5.38. The number of cyclic esters (lactones) is 2. The van der Waals surface area contributed by atoms with E-state index >= 15 is 0 Å². The van der Waals surface area contributed by atoms with Crippen LogP contribution < -0.4 is 0 Å². The Morgan fingerprint density at radius 1 is 1.00 bits per heavy atom. The average molecular weight is 248 g/mol. The van der Waals surface area contributed by atoms with Crippen molar-refractivity contribution in [1.29, 1.82) is 0 Å². The third kappa shape index (κ3) is 5.12. The predicted molar refractivity (Wildman–Crippen MR) is 53.8 cm³/mol. The number of rotatable bonds is 0. The van der Waals surface area contributed by atoms with Gasteiger partial charge in [0.2, 0.25) is 0 Å². The lowest BCUT2D eigenvalue weighted by molar-refractivity contribution is -0.212. The van der Waals surface area contributed by atoms with Crippen molar-refractivity contribution in [3.05, 3.63) is 0 Å². The summed E-state index contributed by atoms with van der Waals surface area (Å²) < 4.78 is 14.4. The molecule has 0 aromatic carbocycles. The predicted octanol–water partition coefficient (Wildman–Crippen LogP) is -1.05. The van der Waals surface area contributed by atoms with Gasteiger partial charge in [0.05, 0.1) is 13.2 Å². The zero-order valence-corrected chi connectivity index (χ0v) is 9.39. The molecule has 0 aliphatic carbocycles. The van der Waals surface area contributed by atoms with E-state index < -0.39 is 17.7 Å². The van der Waals surface area contributed by atoms with Gasteiger partial charge in [0, 0.05) is 12.8 Å². The Hall–Kier alpha value is -1.18. The van der Waals surface area contributed by atoms with Crippen LogP contribution in [0.15, 0.2) is 0 Å². The van der Waals surface area contributed by atoms with E-state index in [4.69, 9.17) is 9.47 Å². The fourth-order valence-corrected chi connectivity index (χ4v) is 1.28. The van der Waals surface area contributed by atoms with Gasteiger partial charge in [0.1, 0.15) is 13.2 Å². The second-order valence-electron chi connectivity index (χ2n) is 3.64. The van der Waals surface area contributed by atoms with Gasteiger partial charge >= 0.3 is 11.9 Å². The van der Waals surface area contributed by atoms with Crippen LogP contribution in [0.4, 0.5) is 0 Å². The molecule has 1 heterocycles. The molecule has 1 fully saturated rings. The van der Waals surface area contributed by atoms with E-state index in [2.05, 4.69) is 4.74 Å². The maximum absolute atomic E-state index is 11.2. The van der Waals surface area contributed by atoms with Gasteiger partial charge in [-0.1, -0.05) is 0 Å². The summed E-state index contributed by atoms with van der Waals surface area (Å²) in [6, 6.07) is 0. The van der Waals surface area contributed by atoms with Crippen molar-refractivity contribution in [2.75, 3.05) is 26.4 Å². The van der Waals surface area contributed by atoms with Crippen LogP contribution in [-0.2, 0) is 23.8 Å². The van der Waals surface area contributed by atoms with Crippen LogP contribution in [0.3, 0.4) is 0 Å². The van der Waals surface area contributed by atoms with Crippen LogP contribution in [0.5, 0.6) is 0 Å². The van der Waals surface area contributed by atoms with E-state index in [0.717, 1.165) is 0 Å². The summed E-state index contributed by atoms with van der Waals surface area (Å²) in [6.45, 7) is 0.387. The Kier molecular flexibility index (Phi) is 5.33. The second kappa shape index (κ2) is 6.53. The van der Waals surface area contributed by atoms with Crippen LogP contribution in [0.25, 0.3) is 0 Å². The molecule has 0 aromatic heterocycles.